The van der Waals surface area contributed by atoms with E-state index in [4.69, 9.17) is 0 Å². The fourth-order valence-electron chi connectivity index (χ4n) is 4.28. The molecule has 2 rings (SSSR count). The van der Waals surface area contributed by atoms with E-state index in [0.29, 0.717) is 18.0 Å². The number of nitrogens with zero attached hydrogens (tertiary/aromatic N) is 1. The molecule has 1 aliphatic heterocycles. The lowest BCUT2D eigenvalue weighted by molar-refractivity contribution is 0.0203. The molecule has 2 fully saturated rings. The number of aliphatic hydroxyl groups is 1. The average Bonchev–Trinajstić information content (AvgIpc) is 2.59. The Morgan fingerprint density at radius 1 is 1.09 bits per heavy atom. The summed E-state index contributed by atoms with van der Waals surface area (Å²) < 4.78 is 0. The minimum Gasteiger partial charge on any atom is -0.393 e. The van der Waals surface area contributed by atoms with Crippen molar-refractivity contribution >= 4 is 0 Å². The summed E-state index contributed by atoms with van der Waals surface area (Å²) in [5, 5.41) is 14.2. The predicted molar refractivity (Wildman–Crippen MR) is 94.1 cm³/mol. The van der Waals surface area contributed by atoms with Gasteiger partial charge < -0.3 is 10.4 Å². The third kappa shape index (κ3) is 5.21. The zero-order valence-corrected chi connectivity index (χ0v) is 15.1. The van der Waals surface area contributed by atoms with Gasteiger partial charge in [0.15, 0.2) is 0 Å². The van der Waals surface area contributed by atoms with Crippen LogP contribution in [0.1, 0.15) is 72.1 Å². The van der Waals surface area contributed by atoms with Crippen molar-refractivity contribution in [2.24, 2.45) is 11.8 Å². The van der Waals surface area contributed by atoms with Gasteiger partial charge in [-0.3, -0.25) is 4.90 Å². The standard InChI is InChI=1S/C19H38N2O/c1-4-15(3)21-13-17(19(22)5-2)11-18(14-21)20-12-16-9-7-6-8-10-16/h15-20,22H,4-14H2,1-3H3. The van der Waals surface area contributed by atoms with Gasteiger partial charge in [0.2, 0.25) is 0 Å². The number of nitrogens with one attached hydrogen (secondary N) is 1. The number of likely N-dealkylation sites (tertiary alicyclic amines) is 1. The number of hydrogen-bond donors (Lipinski definition) is 2. The van der Waals surface area contributed by atoms with Gasteiger partial charge in [0.05, 0.1) is 6.10 Å². The second kappa shape index (κ2) is 9.24. The molecular weight excluding hydrogens is 272 g/mol. The number of hydrogen-bond acceptors (Lipinski definition) is 3. The van der Waals surface area contributed by atoms with E-state index in [-0.39, 0.29) is 6.10 Å². The first-order valence-corrected chi connectivity index (χ1v) is 9.79. The minimum atomic E-state index is -0.133. The van der Waals surface area contributed by atoms with E-state index in [1.807, 2.05) is 0 Å². The SMILES string of the molecule is CCC(O)C1CC(NCC2CCCCC2)CN(C(C)CC)C1. The maximum atomic E-state index is 10.3. The molecule has 0 aromatic heterocycles. The quantitative estimate of drug-likeness (QED) is 0.756. The van der Waals surface area contributed by atoms with Gasteiger partial charge in [-0.1, -0.05) is 33.1 Å². The minimum absolute atomic E-state index is 0.133. The Morgan fingerprint density at radius 3 is 2.45 bits per heavy atom. The fourth-order valence-corrected chi connectivity index (χ4v) is 4.28. The summed E-state index contributed by atoms with van der Waals surface area (Å²) in [7, 11) is 0. The molecule has 0 spiro atoms. The second-order valence-corrected chi connectivity index (χ2v) is 7.79. The van der Waals surface area contributed by atoms with Crippen molar-refractivity contribution in [3.63, 3.8) is 0 Å². The average molecular weight is 311 g/mol. The van der Waals surface area contributed by atoms with Crippen molar-refractivity contribution in [1.82, 2.24) is 10.2 Å². The van der Waals surface area contributed by atoms with Crippen molar-refractivity contribution in [3.8, 4) is 0 Å². The van der Waals surface area contributed by atoms with E-state index in [9.17, 15) is 5.11 Å². The summed E-state index contributed by atoms with van der Waals surface area (Å²) >= 11 is 0. The Balaban J connectivity index is 1.87. The third-order valence-electron chi connectivity index (χ3n) is 6.11. The van der Waals surface area contributed by atoms with Crippen LogP contribution in [0.25, 0.3) is 0 Å². The molecule has 1 heterocycles. The summed E-state index contributed by atoms with van der Waals surface area (Å²) in [6.45, 7) is 10.1. The fraction of sp³-hybridized carbons (Fsp3) is 1.00. The van der Waals surface area contributed by atoms with Crippen molar-refractivity contribution in [2.45, 2.75) is 90.3 Å². The van der Waals surface area contributed by atoms with Gasteiger partial charge in [0.25, 0.3) is 0 Å². The van der Waals surface area contributed by atoms with Crippen LogP contribution in [0, 0.1) is 11.8 Å². The zero-order valence-electron chi connectivity index (χ0n) is 15.1. The van der Waals surface area contributed by atoms with Gasteiger partial charge in [-0.15, -0.1) is 0 Å². The first kappa shape index (κ1) is 18.2. The summed E-state index contributed by atoms with van der Waals surface area (Å²) in [5.74, 6) is 1.33. The normalized spacial score (nSPS) is 31.1. The number of aliphatic hydroxyl groups excluding tert-OH is 1. The van der Waals surface area contributed by atoms with Crippen LogP contribution in [0.5, 0.6) is 0 Å². The van der Waals surface area contributed by atoms with E-state index in [2.05, 4.69) is 31.0 Å². The predicted octanol–water partition coefficient (Wildman–Crippen LogP) is 3.42. The molecule has 1 saturated carbocycles. The molecule has 0 amide bonds. The Kier molecular flexibility index (Phi) is 7.66. The summed E-state index contributed by atoms with van der Waals surface area (Å²) in [4.78, 5) is 2.60. The zero-order chi connectivity index (χ0) is 15.9. The van der Waals surface area contributed by atoms with E-state index in [1.165, 1.54) is 45.1 Å². The van der Waals surface area contributed by atoms with Gasteiger partial charge in [0.1, 0.15) is 0 Å². The summed E-state index contributed by atoms with van der Waals surface area (Å²) in [6.07, 6.45) is 10.2. The first-order chi connectivity index (χ1) is 10.6. The third-order valence-corrected chi connectivity index (χ3v) is 6.11. The molecule has 0 aromatic carbocycles. The Labute approximate surface area is 137 Å². The van der Waals surface area contributed by atoms with E-state index >= 15 is 0 Å². The van der Waals surface area contributed by atoms with Crippen molar-refractivity contribution in [2.75, 3.05) is 19.6 Å². The lowest BCUT2D eigenvalue weighted by atomic mass is 9.86. The highest BCUT2D eigenvalue weighted by Gasteiger charge is 2.32. The molecule has 1 saturated heterocycles. The monoisotopic (exact) mass is 310 g/mol. The van der Waals surface area contributed by atoms with Gasteiger partial charge in [0, 0.05) is 25.2 Å². The molecule has 0 radical (unpaired) electrons. The van der Waals surface area contributed by atoms with E-state index in [1.54, 1.807) is 0 Å². The van der Waals surface area contributed by atoms with E-state index in [0.717, 1.165) is 31.8 Å². The van der Waals surface area contributed by atoms with Crippen LogP contribution in [0.2, 0.25) is 0 Å². The first-order valence-electron chi connectivity index (χ1n) is 9.79. The molecular formula is C19H38N2O. The lowest BCUT2D eigenvalue weighted by Gasteiger charge is -2.43. The molecule has 130 valence electrons. The second-order valence-electron chi connectivity index (χ2n) is 7.79. The smallest absolute Gasteiger partial charge is 0.0578 e. The molecule has 4 atom stereocenters. The Hall–Kier alpha value is -0.120. The largest absolute Gasteiger partial charge is 0.393 e. The van der Waals surface area contributed by atoms with E-state index < -0.39 is 0 Å². The Morgan fingerprint density at radius 2 is 1.82 bits per heavy atom. The summed E-state index contributed by atoms with van der Waals surface area (Å²) in [6, 6.07) is 1.20. The van der Waals surface area contributed by atoms with Gasteiger partial charge in [-0.25, -0.2) is 0 Å². The van der Waals surface area contributed by atoms with Crippen molar-refractivity contribution < 1.29 is 5.11 Å². The van der Waals surface area contributed by atoms with Crippen LogP contribution >= 0.6 is 0 Å². The molecule has 4 unspecified atom stereocenters. The number of rotatable bonds is 7. The van der Waals surface area contributed by atoms with Crippen LogP contribution in [0.15, 0.2) is 0 Å². The molecule has 0 aromatic rings. The van der Waals surface area contributed by atoms with Gasteiger partial charge in [-0.05, 0) is 57.4 Å². The van der Waals surface area contributed by atoms with Crippen LogP contribution in [-0.2, 0) is 0 Å². The number of piperidine rings is 1. The Bertz CT molecular complexity index is 286. The topological polar surface area (TPSA) is 35.5 Å². The molecule has 2 N–H and O–H groups in total. The molecule has 2 aliphatic rings. The van der Waals surface area contributed by atoms with Crippen LogP contribution < -0.4 is 5.32 Å². The van der Waals surface area contributed by atoms with Crippen LogP contribution in [-0.4, -0.2) is 47.8 Å². The van der Waals surface area contributed by atoms with Gasteiger partial charge in [-0.2, -0.15) is 0 Å². The van der Waals surface area contributed by atoms with Crippen molar-refractivity contribution in [3.05, 3.63) is 0 Å². The van der Waals surface area contributed by atoms with Crippen LogP contribution in [0.3, 0.4) is 0 Å². The highest BCUT2D eigenvalue weighted by atomic mass is 16.3. The molecule has 3 heteroatoms. The maximum Gasteiger partial charge on any atom is 0.0578 e. The molecule has 0 bridgehead atoms. The molecule has 22 heavy (non-hydrogen) atoms. The van der Waals surface area contributed by atoms with Crippen molar-refractivity contribution in [1.29, 1.82) is 0 Å². The molecule has 3 nitrogen and oxygen atoms in total. The molecule has 1 aliphatic carbocycles. The summed E-state index contributed by atoms with van der Waals surface area (Å²) in [5.41, 5.74) is 0. The van der Waals surface area contributed by atoms with Crippen LogP contribution in [0.4, 0.5) is 0 Å². The van der Waals surface area contributed by atoms with Gasteiger partial charge >= 0.3 is 0 Å². The maximum absolute atomic E-state index is 10.3. The lowest BCUT2D eigenvalue weighted by Crippen LogP contribution is -2.54. The highest BCUT2D eigenvalue weighted by molar-refractivity contribution is 4.88. The highest BCUT2D eigenvalue weighted by Crippen LogP contribution is 2.26.